The molecule has 1 fully saturated rings. The van der Waals surface area contributed by atoms with Gasteiger partial charge < -0.3 is 5.01 Å². The van der Waals surface area contributed by atoms with Crippen molar-refractivity contribution in [3.05, 3.63) is 30.3 Å². The number of nitrogens with zero attached hydrogens (tertiary/aromatic N) is 3. The smallest absolute Gasteiger partial charge is 0.304 e. The highest BCUT2D eigenvalue weighted by atomic mass is 32.2. The molecule has 7 heteroatoms. The monoisotopic (exact) mass is 285 g/mol. The number of rotatable bonds is 3. The van der Waals surface area contributed by atoms with Crippen LogP contribution in [0, 0.1) is 0 Å². The van der Waals surface area contributed by atoms with E-state index in [-0.39, 0.29) is 12.1 Å². The Labute approximate surface area is 114 Å². The van der Waals surface area contributed by atoms with E-state index in [9.17, 15) is 8.42 Å². The summed E-state index contributed by atoms with van der Waals surface area (Å²) in [7, 11) is -0.854. The Morgan fingerprint density at radius 2 is 1.89 bits per heavy atom. The van der Waals surface area contributed by atoms with Crippen molar-refractivity contribution in [2.75, 3.05) is 25.6 Å². The SMILES string of the molecule is CC1C(N(C)S(=O)(=O)O)CN(c2ccccc2)N1C. The van der Waals surface area contributed by atoms with Crippen molar-refractivity contribution in [1.82, 2.24) is 9.31 Å². The van der Waals surface area contributed by atoms with Crippen LogP contribution >= 0.6 is 0 Å². The minimum Gasteiger partial charge on any atom is -0.304 e. The standard InChI is InChI=1S/C12H19N3O3S/c1-10-12(14(3)19(16,17)18)9-15(13(10)2)11-7-5-4-6-8-11/h4-8,10,12H,9H2,1-3H3,(H,16,17,18). The van der Waals surface area contributed by atoms with E-state index in [0.29, 0.717) is 6.54 Å². The summed E-state index contributed by atoms with van der Waals surface area (Å²) in [6, 6.07) is 9.44. The maximum absolute atomic E-state index is 11.3. The molecule has 2 atom stereocenters. The second kappa shape index (κ2) is 5.09. The quantitative estimate of drug-likeness (QED) is 0.834. The third-order valence-corrected chi connectivity index (χ3v) is 4.77. The normalized spacial score (nSPS) is 25.2. The van der Waals surface area contributed by atoms with Crippen LogP contribution in [-0.2, 0) is 10.3 Å². The number of para-hydroxylation sites is 1. The Morgan fingerprint density at radius 3 is 2.42 bits per heavy atom. The molecule has 0 aromatic heterocycles. The molecule has 106 valence electrons. The van der Waals surface area contributed by atoms with Gasteiger partial charge in [0, 0.05) is 20.1 Å². The van der Waals surface area contributed by atoms with Crippen LogP contribution in [0.3, 0.4) is 0 Å². The summed E-state index contributed by atoms with van der Waals surface area (Å²) in [5.41, 5.74) is 1.00. The van der Waals surface area contributed by atoms with Crippen LogP contribution in [0.4, 0.5) is 5.69 Å². The lowest BCUT2D eigenvalue weighted by Crippen LogP contribution is -2.44. The third-order valence-electron chi connectivity index (χ3n) is 3.77. The first-order valence-corrected chi connectivity index (χ1v) is 7.48. The summed E-state index contributed by atoms with van der Waals surface area (Å²) >= 11 is 0. The van der Waals surface area contributed by atoms with E-state index in [4.69, 9.17) is 4.55 Å². The van der Waals surface area contributed by atoms with Gasteiger partial charge in [0.1, 0.15) is 0 Å². The summed E-state index contributed by atoms with van der Waals surface area (Å²) in [4.78, 5) is 0. The van der Waals surface area contributed by atoms with Crippen molar-refractivity contribution >= 4 is 16.0 Å². The van der Waals surface area contributed by atoms with Crippen LogP contribution in [-0.4, -0.2) is 55.0 Å². The molecule has 1 N–H and O–H groups in total. The lowest BCUT2D eigenvalue weighted by Gasteiger charge is -2.28. The van der Waals surface area contributed by atoms with Crippen LogP contribution in [0.2, 0.25) is 0 Å². The van der Waals surface area contributed by atoms with E-state index in [1.807, 2.05) is 54.3 Å². The lowest BCUT2D eigenvalue weighted by molar-refractivity contribution is 0.243. The maximum Gasteiger partial charge on any atom is 0.336 e. The van der Waals surface area contributed by atoms with Gasteiger partial charge in [-0.15, -0.1) is 0 Å². The van der Waals surface area contributed by atoms with E-state index in [1.54, 1.807) is 0 Å². The predicted molar refractivity (Wildman–Crippen MR) is 74.1 cm³/mol. The van der Waals surface area contributed by atoms with Gasteiger partial charge in [-0.3, -0.25) is 4.55 Å². The van der Waals surface area contributed by atoms with E-state index >= 15 is 0 Å². The summed E-state index contributed by atoms with van der Waals surface area (Å²) in [6.07, 6.45) is 0. The van der Waals surface area contributed by atoms with Crippen molar-refractivity contribution in [3.8, 4) is 0 Å². The molecule has 2 unspecified atom stereocenters. The molecular weight excluding hydrogens is 266 g/mol. The van der Waals surface area contributed by atoms with E-state index in [0.717, 1.165) is 9.99 Å². The molecule has 1 aliphatic heterocycles. The van der Waals surface area contributed by atoms with Gasteiger partial charge in [-0.2, -0.15) is 12.7 Å². The first-order chi connectivity index (χ1) is 8.82. The van der Waals surface area contributed by atoms with E-state index in [2.05, 4.69) is 0 Å². The number of likely N-dealkylation sites (N-methyl/N-ethyl adjacent to an activating group) is 2. The Balaban J connectivity index is 2.24. The highest BCUT2D eigenvalue weighted by Crippen LogP contribution is 2.27. The topological polar surface area (TPSA) is 64.1 Å². The van der Waals surface area contributed by atoms with Gasteiger partial charge in [0.25, 0.3) is 0 Å². The fourth-order valence-corrected chi connectivity index (χ4v) is 2.99. The van der Waals surface area contributed by atoms with E-state index < -0.39 is 10.3 Å². The molecule has 2 rings (SSSR count). The number of hydrogen-bond donors (Lipinski definition) is 1. The number of hydrogen-bond acceptors (Lipinski definition) is 4. The molecular formula is C12H19N3O3S. The summed E-state index contributed by atoms with van der Waals surface area (Å²) < 4.78 is 32.7. The van der Waals surface area contributed by atoms with Gasteiger partial charge >= 0.3 is 10.3 Å². The second-order valence-corrected chi connectivity index (χ2v) is 6.26. The zero-order valence-electron chi connectivity index (χ0n) is 11.3. The van der Waals surface area contributed by atoms with Crippen LogP contribution in [0.15, 0.2) is 30.3 Å². The Hall–Kier alpha value is -1.15. The van der Waals surface area contributed by atoms with Crippen molar-refractivity contribution in [2.45, 2.75) is 19.0 Å². The molecule has 1 aromatic carbocycles. The Kier molecular flexibility index (Phi) is 3.82. The molecule has 1 aromatic rings. The molecule has 1 saturated heterocycles. The molecule has 0 bridgehead atoms. The van der Waals surface area contributed by atoms with Crippen LogP contribution in [0.25, 0.3) is 0 Å². The van der Waals surface area contributed by atoms with Crippen LogP contribution < -0.4 is 5.01 Å². The predicted octanol–water partition coefficient (Wildman–Crippen LogP) is 0.845. The number of benzene rings is 1. The lowest BCUT2D eigenvalue weighted by atomic mass is 10.2. The van der Waals surface area contributed by atoms with E-state index in [1.165, 1.54) is 7.05 Å². The highest BCUT2D eigenvalue weighted by molar-refractivity contribution is 7.83. The van der Waals surface area contributed by atoms with Gasteiger partial charge in [-0.05, 0) is 19.1 Å². The Morgan fingerprint density at radius 1 is 1.32 bits per heavy atom. The van der Waals surface area contributed by atoms with Crippen molar-refractivity contribution in [3.63, 3.8) is 0 Å². The molecule has 1 aliphatic rings. The summed E-state index contributed by atoms with van der Waals surface area (Å²) in [6.45, 7) is 2.45. The number of anilines is 1. The van der Waals surface area contributed by atoms with Crippen molar-refractivity contribution in [1.29, 1.82) is 0 Å². The second-order valence-electron chi connectivity index (χ2n) is 4.79. The van der Waals surface area contributed by atoms with Crippen LogP contribution in [0.5, 0.6) is 0 Å². The summed E-state index contributed by atoms with van der Waals surface area (Å²) in [5, 5.41) is 4.00. The van der Waals surface area contributed by atoms with Gasteiger partial charge in [0.15, 0.2) is 0 Å². The molecule has 19 heavy (non-hydrogen) atoms. The first kappa shape index (κ1) is 14.3. The molecule has 0 amide bonds. The fraction of sp³-hybridized carbons (Fsp3) is 0.500. The minimum atomic E-state index is -4.17. The zero-order chi connectivity index (χ0) is 14.2. The minimum absolute atomic E-state index is 0.0212. The number of hydrazine groups is 1. The fourth-order valence-electron chi connectivity index (χ4n) is 2.40. The average Bonchev–Trinajstić information content (AvgIpc) is 2.66. The van der Waals surface area contributed by atoms with Gasteiger partial charge in [-0.25, -0.2) is 5.01 Å². The zero-order valence-corrected chi connectivity index (χ0v) is 12.1. The maximum atomic E-state index is 11.3. The first-order valence-electron chi connectivity index (χ1n) is 6.08. The molecule has 1 heterocycles. The molecule has 0 spiro atoms. The van der Waals surface area contributed by atoms with Gasteiger partial charge in [-0.1, -0.05) is 18.2 Å². The highest BCUT2D eigenvalue weighted by Gasteiger charge is 2.40. The van der Waals surface area contributed by atoms with Crippen LogP contribution in [0.1, 0.15) is 6.92 Å². The Bertz CT molecular complexity index is 534. The van der Waals surface area contributed by atoms with Gasteiger partial charge in [0.2, 0.25) is 0 Å². The van der Waals surface area contributed by atoms with Gasteiger partial charge in [0.05, 0.1) is 18.3 Å². The molecule has 0 saturated carbocycles. The molecule has 6 nitrogen and oxygen atoms in total. The summed E-state index contributed by atoms with van der Waals surface area (Å²) in [5.74, 6) is 0. The largest absolute Gasteiger partial charge is 0.336 e. The van der Waals surface area contributed by atoms with Crippen molar-refractivity contribution < 1.29 is 13.0 Å². The molecule has 0 aliphatic carbocycles. The molecule has 0 radical (unpaired) electrons. The third kappa shape index (κ3) is 2.74. The average molecular weight is 285 g/mol. The van der Waals surface area contributed by atoms with Crippen molar-refractivity contribution in [2.24, 2.45) is 0 Å².